The van der Waals surface area contributed by atoms with E-state index in [1.54, 1.807) is 0 Å². The molecule has 1 aliphatic carbocycles. The third-order valence-corrected chi connectivity index (χ3v) is 3.27. The van der Waals surface area contributed by atoms with Gasteiger partial charge in [0.1, 0.15) is 0 Å². The molecule has 4 N–H and O–H groups in total. The molecule has 1 saturated carbocycles. The monoisotopic (exact) mass is 200 g/mol. The number of carbonyl (C=O) groups is 1. The van der Waals surface area contributed by atoms with Crippen LogP contribution in [0.4, 0.5) is 0 Å². The summed E-state index contributed by atoms with van der Waals surface area (Å²) in [5.41, 5.74) is 4.72. The quantitative estimate of drug-likeness (QED) is 0.585. The van der Waals surface area contributed by atoms with Crippen molar-refractivity contribution in [2.45, 2.75) is 38.6 Å². The third kappa shape index (κ3) is 2.07. The average Bonchev–Trinajstić information content (AvgIpc) is 2.98. The maximum atomic E-state index is 11.8. The Balaban J connectivity index is 2.55. The van der Waals surface area contributed by atoms with Crippen LogP contribution in [-0.4, -0.2) is 29.7 Å². The lowest BCUT2D eigenvalue weighted by Gasteiger charge is -2.29. The molecule has 1 amide bonds. The minimum atomic E-state index is -0.498. The van der Waals surface area contributed by atoms with Crippen LogP contribution in [0.2, 0.25) is 0 Å². The van der Waals surface area contributed by atoms with Gasteiger partial charge >= 0.3 is 0 Å². The second-order valence-corrected chi connectivity index (χ2v) is 4.51. The number of rotatable bonds is 5. The van der Waals surface area contributed by atoms with E-state index in [0.717, 1.165) is 19.3 Å². The van der Waals surface area contributed by atoms with Crippen LogP contribution in [0.25, 0.3) is 0 Å². The highest BCUT2D eigenvalue weighted by molar-refractivity contribution is 5.86. The van der Waals surface area contributed by atoms with Gasteiger partial charge in [0.15, 0.2) is 0 Å². The average molecular weight is 200 g/mol. The van der Waals surface area contributed by atoms with Crippen molar-refractivity contribution >= 4 is 5.91 Å². The molecule has 0 spiro atoms. The number of carbonyl (C=O) groups excluding carboxylic acids is 1. The highest BCUT2D eigenvalue weighted by atomic mass is 16.3. The van der Waals surface area contributed by atoms with Crippen LogP contribution < -0.4 is 11.1 Å². The molecule has 1 rings (SSSR count). The molecule has 0 aromatic heterocycles. The predicted molar refractivity (Wildman–Crippen MR) is 54.6 cm³/mol. The van der Waals surface area contributed by atoms with Crippen LogP contribution in [0.5, 0.6) is 0 Å². The van der Waals surface area contributed by atoms with E-state index >= 15 is 0 Å². The number of aliphatic hydroxyl groups is 1. The minimum Gasteiger partial charge on any atom is -0.394 e. The van der Waals surface area contributed by atoms with Crippen LogP contribution >= 0.6 is 0 Å². The van der Waals surface area contributed by atoms with E-state index in [1.165, 1.54) is 0 Å². The lowest BCUT2D eigenvalue weighted by atomic mass is 9.97. The first-order chi connectivity index (χ1) is 6.52. The van der Waals surface area contributed by atoms with Gasteiger partial charge in [-0.3, -0.25) is 4.79 Å². The lowest BCUT2D eigenvalue weighted by molar-refractivity contribution is -0.128. The van der Waals surface area contributed by atoms with Gasteiger partial charge in [0.2, 0.25) is 5.91 Å². The van der Waals surface area contributed by atoms with Gasteiger partial charge in [-0.2, -0.15) is 0 Å². The van der Waals surface area contributed by atoms with Gasteiger partial charge in [0, 0.05) is 6.54 Å². The maximum Gasteiger partial charge on any atom is 0.227 e. The fourth-order valence-corrected chi connectivity index (χ4v) is 1.32. The number of aliphatic hydroxyl groups excluding tert-OH is 1. The Kier molecular flexibility index (Phi) is 3.17. The smallest absolute Gasteiger partial charge is 0.227 e. The van der Waals surface area contributed by atoms with Crippen LogP contribution in [0.1, 0.15) is 33.1 Å². The number of amides is 1. The predicted octanol–water partition coefficient (Wildman–Crippen LogP) is 0.00250. The first-order valence-electron chi connectivity index (χ1n) is 5.15. The Bertz CT molecular complexity index is 220. The zero-order valence-electron chi connectivity index (χ0n) is 8.97. The van der Waals surface area contributed by atoms with Crippen molar-refractivity contribution in [1.29, 1.82) is 0 Å². The van der Waals surface area contributed by atoms with Crippen LogP contribution in [0.15, 0.2) is 0 Å². The third-order valence-electron chi connectivity index (χ3n) is 3.27. The molecule has 4 heteroatoms. The molecular weight excluding hydrogens is 180 g/mol. The number of hydrogen-bond donors (Lipinski definition) is 3. The summed E-state index contributed by atoms with van der Waals surface area (Å²) in [7, 11) is 0. The Morgan fingerprint density at radius 3 is 2.50 bits per heavy atom. The first-order valence-corrected chi connectivity index (χ1v) is 5.15. The van der Waals surface area contributed by atoms with Gasteiger partial charge in [-0.25, -0.2) is 0 Å². The van der Waals surface area contributed by atoms with E-state index in [1.807, 2.05) is 13.8 Å². The van der Waals surface area contributed by atoms with Crippen molar-refractivity contribution < 1.29 is 9.90 Å². The topological polar surface area (TPSA) is 75.3 Å². The molecule has 82 valence electrons. The molecule has 1 unspecified atom stereocenters. The molecule has 0 radical (unpaired) electrons. The van der Waals surface area contributed by atoms with Crippen LogP contribution in [0, 0.1) is 5.41 Å². The van der Waals surface area contributed by atoms with Gasteiger partial charge in [-0.05, 0) is 26.2 Å². The Morgan fingerprint density at radius 2 is 2.21 bits per heavy atom. The van der Waals surface area contributed by atoms with Crippen molar-refractivity contribution in [1.82, 2.24) is 5.32 Å². The first kappa shape index (κ1) is 11.5. The molecule has 0 aromatic carbocycles. The molecule has 0 saturated heterocycles. The summed E-state index contributed by atoms with van der Waals surface area (Å²) in [5, 5.41) is 12.0. The van der Waals surface area contributed by atoms with E-state index in [0.29, 0.717) is 6.54 Å². The van der Waals surface area contributed by atoms with E-state index in [2.05, 4.69) is 5.32 Å². The highest BCUT2D eigenvalue weighted by Gasteiger charge is 2.49. The summed E-state index contributed by atoms with van der Waals surface area (Å²) in [6, 6.07) is 0. The van der Waals surface area contributed by atoms with E-state index in [9.17, 15) is 4.79 Å². The van der Waals surface area contributed by atoms with Crippen LogP contribution in [-0.2, 0) is 4.79 Å². The summed E-state index contributed by atoms with van der Waals surface area (Å²) >= 11 is 0. The number of hydrogen-bond acceptors (Lipinski definition) is 3. The van der Waals surface area contributed by atoms with E-state index in [4.69, 9.17) is 10.8 Å². The summed E-state index contributed by atoms with van der Waals surface area (Å²) in [6.07, 6.45) is 2.47. The highest BCUT2D eigenvalue weighted by Crippen LogP contribution is 2.45. The van der Waals surface area contributed by atoms with E-state index < -0.39 is 5.54 Å². The normalized spacial score (nSPS) is 22.6. The van der Waals surface area contributed by atoms with Crippen molar-refractivity contribution in [2.75, 3.05) is 13.2 Å². The minimum absolute atomic E-state index is 0.00148. The Labute approximate surface area is 84.9 Å². The van der Waals surface area contributed by atoms with Crippen molar-refractivity contribution in [3.05, 3.63) is 0 Å². The van der Waals surface area contributed by atoms with Crippen molar-refractivity contribution in [3.63, 3.8) is 0 Å². The Hall–Kier alpha value is -0.610. The molecule has 0 heterocycles. The molecule has 14 heavy (non-hydrogen) atoms. The number of nitrogens with one attached hydrogen (secondary N) is 1. The molecular formula is C10H20N2O2. The SMILES string of the molecule is CCC(C)(CO)NC(=O)C1(CN)CC1. The fraction of sp³-hybridized carbons (Fsp3) is 0.900. The van der Waals surface area contributed by atoms with Crippen LogP contribution in [0.3, 0.4) is 0 Å². The number of nitrogens with two attached hydrogens (primary N) is 1. The standard InChI is InChI=1S/C10H20N2O2/c1-3-9(2,7-13)12-8(14)10(6-11)4-5-10/h13H,3-7,11H2,1-2H3,(H,12,14). The molecule has 0 bridgehead atoms. The maximum absolute atomic E-state index is 11.8. The Morgan fingerprint density at radius 1 is 1.64 bits per heavy atom. The van der Waals surface area contributed by atoms with Crippen molar-refractivity contribution in [3.8, 4) is 0 Å². The van der Waals surface area contributed by atoms with Gasteiger partial charge in [0.05, 0.1) is 17.6 Å². The lowest BCUT2D eigenvalue weighted by Crippen LogP contribution is -2.52. The second kappa shape index (κ2) is 3.87. The molecule has 0 aromatic rings. The van der Waals surface area contributed by atoms with E-state index in [-0.39, 0.29) is 17.9 Å². The van der Waals surface area contributed by atoms with Gasteiger partial charge in [-0.15, -0.1) is 0 Å². The zero-order valence-corrected chi connectivity index (χ0v) is 8.97. The molecule has 0 aliphatic heterocycles. The fourth-order valence-electron chi connectivity index (χ4n) is 1.32. The molecule has 1 aliphatic rings. The van der Waals surface area contributed by atoms with Gasteiger partial charge in [0.25, 0.3) is 0 Å². The van der Waals surface area contributed by atoms with Crippen molar-refractivity contribution in [2.24, 2.45) is 11.1 Å². The summed E-state index contributed by atoms with van der Waals surface area (Å²) in [6.45, 7) is 4.16. The molecule has 4 nitrogen and oxygen atoms in total. The largest absolute Gasteiger partial charge is 0.394 e. The summed E-state index contributed by atoms with van der Waals surface area (Å²) in [5.74, 6) is -0.00148. The zero-order chi connectivity index (χ0) is 10.8. The molecule has 1 atom stereocenters. The van der Waals surface area contributed by atoms with Gasteiger partial charge in [-0.1, -0.05) is 6.92 Å². The second-order valence-electron chi connectivity index (χ2n) is 4.51. The van der Waals surface area contributed by atoms with Gasteiger partial charge < -0.3 is 16.2 Å². The molecule has 1 fully saturated rings. The summed E-state index contributed by atoms with van der Waals surface area (Å²) in [4.78, 5) is 11.8. The summed E-state index contributed by atoms with van der Waals surface area (Å²) < 4.78 is 0.